The van der Waals surface area contributed by atoms with Crippen molar-refractivity contribution < 1.29 is 31.5 Å². The number of hydrazone groups is 1. The maximum absolute atomic E-state index is 12.8. The van der Waals surface area contributed by atoms with Gasteiger partial charge in [0, 0.05) is 11.3 Å². The number of amides is 1. The zero-order valence-electron chi connectivity index (χ0n) is 18.1. The molecule has 0 saturated carbocycles. The van der Waals surface area contributed by atoms with Crippen LogP contribution < -0.4 is 14.2 Å². The van der Waals surface area contributed by atoms with Gasteiger partial charge in [-0.1, -0.05) is 30.8 Å². The molecule has 0 aromatic heterocycles. The van der Waals surface area contributed by atoms with E-state index in [0.717, 1.165) is 23.6 Å². The Hall–Kier alpha value is -2.86. The zero-order valence-corrected chi connectivity index (χ0v) is 19.8. The second-order valence-electron chi connectivity index (χ2n) is 7.14. The van der Waals surface area contributed by atoms with E-state index in [2.05, 4.69) is 14.6 Å². The maximum Gasteiger partial charge on any atom is 0.387 e. The third-order valence-corrected chi connectivity index (χ3v) is 6.48. The lowest BCUT2D eigenvalue weighted by Crippen LogP contribution is -2.34. The van der Waals surface area contributed by atoms with Gasteiger partial charge >= 0.3 is 11.9 Å². The Morgan fingerprint density at radius 1 is 1.18 bits per heavy atom. The summed E-state index contributed by atoms with van der Waals surface area (Å²) in [6.07, 6.45) is 1.66. The molecule has 3 rings (SSSR count). The molecule has 178 valence electrons. The summed E-state index contributed by atoms with van der Waals surface area (Å²) in [7, 11) is -2.04. The van der Waals surface area contributed by atoms with Gasteiger partial charge in [0.25, 0.3) is 0 Å². The highest BCUT2D eigenvalue weighted by Crippen LogP contribution is 2.34. The minimum atomic E-state index is -3.40. The summed E-state index contributed by atoms with van der Waals surface area (Å²) in [6.45, 7) is -0.956. The van der Waals surface area contributed by atoms with E-state index in [1.54, 1.807) is 30.3 Å². The SMILES string of the molecule is CCC1SC(=O)N(Cc2ccc(NS(C)(=O)=O)cc2)N=C1c1ccc(OC)c(OC(F)F)c1. The lowest BCUT2D eigenvalue weighted by Gasteiger charge is -2.28. The van der Waals surface area contributed by atoms with Crippen LogP contribution in [0.4, 0.5) is 19.3 Å². The first-order chi connectivity index (χ1) is 15.6. The van der Waals surface area contributed by atoms with E-state index in [9.17, 15) is 22.0 Å². The Bertz CT molecular complexity index is 1140. The van der Waals surface area contributed by atoms with Gasteiger partial charge < -0.3 is 9.47 Å². The van der Waals surface area contributed by atoms with E-state index in [0.29, 0.717) is 23.4 Å². The van der Waals surface area contributed by atoms with Gasteiger partial charge in [0.1, 0.15) is 0 Å². The van der Waals surface area contributed by atoms with Crippen LogP contribution in [0.25, 0.3) is 0 Å². The standard InChI is InChI=1S/C21H23F2N3O5S2/c1-4-18-19(14-7-10-16(30-2)17(11-14)31-20(22)23)24-26(21(27)32-18)12-13-5-8-15(9-6-13)25-33(3,28)29/h5-11,18,20,25H,4,12H2,1-3H3. The number of nitrogens with zero attached hydrogens (tertiary/aromatic N) is 2. The lowest BCUT2D eigenvalue weighted by atomic mass is 10.0. The second kappa shape index (κ2) is 10.4. The third kappa shape index (κ3) is 6.57. The minimum absolute atomic E-state index is 0.120. The third-order valence-electron chi connectivity index (χ3n) is 4.62. The van der Waals surface area contributed by atoms with Crippen molar-refractivity contribution in [2.24, 2.45) is 5.10 Å². The Balaban J connectivity index is 1.89. The number of hydrogen-bond donors (Lipinski definition) is 1. The molecular weight excluding hydrogens is 476 g/mol. The average Bonchev–Trinajstić information content (AvgIpc) is 2.74. The van der Waals surface area contributed by atoms with Crippen LogP contribution in [0.5, 0.6) is 11.5 Å². The van der Waals surface area contributed by atoms with Crippen LogP contribution in [-0.4, -0.2) is 49.6 Å². The number of rotatable bonds is 9. The molecule has 0 fully saturated rings. The smallest absolute Gasteiger partial charge is 0.387 e. The van der Waals surface area contributed by atoms with Gasteiger partial charge in [0.2, 0.25) is 10.0 Å². The normalized spacial score (nSPS) is 16.5. The van der Waals surface area contributed by atoms with Crippen molar-refractivity contribution in [3.63, 3.8) is 0 Å². The molecule has 1 aliphatic heterocycles. The quantitative estimate of drug-likeness (QED) is 0.545. The first-order valence-electron chi connectivity index (χ1n) is 9.86. The molecule has 1 N–H and O–H groups in total. The minimum Gasteiger partial charge on any atom is -0.493 e. The number of sulfonamides is 1. The zero-order chi connectivity index (χ0) is 24.2. The Labute approximate surface area is 195 Å². The monoisotopic (exact) mass is 499 g/mol. The number of nitrogens with one attached hydrogen (secondary N) is 1. The molecule has 1 atom stereocenters. The largest absolute Gasteiger partial charge is 0.493 e. The summed E-state index contributed by atoms with van der Waals surface area (Å²) < 4.78 is 60.4. The van der Waals surface area contributed by atoms with Gasteiger partial charge in [-0.05, 0) is 42.3 Å². The molecule has 1 unspecified atom stereocenters. The highest BCUT2D eigenvalue weighted by atomic mass is 32.2. The summed E-state index contributed by atoms with van der Waals surface area (Å²) in [6, 6.07) is 11.2. The number of alkyl halides is 2. The Kier molecular flexibility index (Phi) is 7.80. The molecule has 0 spiro atoms. The molecular formula is C21H23F2N3O5S2. The number of methoxy groups -OCH3 is 1. The molecule has 0 aliphatic carbocycles. The fourth-order valence-corrected chi connectivity index (χ4v) is 4.68. The number of ether oxygens (including phenoxy) is 2. The van der Waals surface area contributed by atoms with Crippen LogP contribution in [0.1, 0.15) is 24.5 Å². The van der Waals surface area contributed by atoms with E-state index < -0.39 is 16.6 Å². The van der Waals surface area contributed by atoms with Crippen LogP contribution in [0.2, 0.25) is 0 Å². The van der Waals surface area contributed by atoms with Crippen LogP contribution >= 0.6 is 11.8 Å². The second-order valence-corrected chi connectivity index (χ2v) is 10.0. The first-order valence-corrected chi connectivity index (χ1v) is 12.6. The van der Waals surface area contributed by atoms with Crippen molar-refractivity contribution in [1.82, 2.24) is 5.01 Å². The van der Waals surface area contributed by atoms with E-state index in [4.69, 9.17) is 4.74 Å². The number of benzene rings is 2. The van der Waals surface area contributed by atoms with E-state index in [1.807, 2.05) is 6.92 Å². The predicted molar refractivity (Wildman–Crippen MR) is 124 cm³/mol. The molecule has 0 bridgehead atoms. The number of halogens is 2. The van der Waals surface area contributed by atoms with Gasteiger partial charge in [0.15, 0.2) is 11.5 Å². The molecule has 1 heterocycles. The molecule has 33 heavy (non-hydrogen) atoms. The van der Waals surface area contributed by atoms with Gasteiger partial charge in [-0.25, -0.2) is 13.4 Å². The molecule has 2 aromatic carbocycles. The molecule has 0 radical (unpaired) electrons. The van der Waals surface area contributed by atoms with Crippen LogP contribution in [0.15, 0.2) is 47.6 Å². The summed E-state index contributed by atoms with van der Waals surface area (Å²) in [5, 5.41) is 5.31. The van der Waals surface area contributed by atoms with Gasteiger partial charge in [0.05, 0.1) is 30.9 Å². The van der Waals surface area contributed by atoms with Crippen LogP contribution in [0.3, 0.4) is 0 Å². The van der Waals surface area contributed by atoms with Crippen molar-refractivity contribution >= 4 is 38.4 Å². The van der Waals surface area contributed by atoms with Crippen molar-refractivity contribution in [3.05, 3.63) is 53.6 Å². The summed E-state index contributed by atoms with van der Waals surface area (Å²) in [4.78, 5) is 12.7. The molecule has 0 saturated heterocycles. The molecule has 2 aromatic rings. The number of carbonyl (C=O) groups is 1. The maximum atomic E-state index is 12.8. The predicted octanol–water partition coefficient (Wildman–Crippen LogP) is 4.52. The van der Waals surface area contributed by atoms with Crippen LogP contribution in [-0.2, 0) is 16.6 Å². The lowest BCUT2D eigenvalue weighted by molar-refractivity contribution is -0.0512. The molecule has 12 heteroatoms. The summed E-state index contributed by atoms with van der Waals surface area (Å²) in [5.41, 5.74) is 2.23. The highest BCUT2D eigenvalue weighted by Gasteiger charge is 2.31. The van der Waals surface area contributed by atoms with Crippen molar-refractivity contribution in [2.75, 3.05) is 18.1 Å². The average molecular weight is 500 g/mol. The van der Waals surface area contributed by atoms with E-state index >= 15 is 0 Å². The Morgan fingerprint density at radius 3 is 2.45 bits per heavy atom. The number of anilines is 1. The molecule has 8 nitrogen and oxygen atoms in total. The van der Waals surface area contributed by atoms with Crippen molar-refractivity contribution in [3.8, 4) is 11.5 Å². The van der Waals surface area contributed by atoms with Gasteiger partial charge in [-0.3, -0.25) is 9.52 Å². The summed E-state index contributed by atoms with van der Waals surface area (Å²) >= 11 is 1.10. The number of carbonyl (C=O) groups excluding carboxylic acids is 1. The number of thioether (sulfide) groups is 1. The van der Waals surface area contributed by atoms with E-state index in [1.165, 1.54) is 24.3 Å². The van der Waals surface area contributed by atoms with E-state index in [-0.39, 0.29) is 28.5 Å². The molecule has 1 aliphatic rings. The molecule has 1 amide bonds. The van der Waals surface area contributed by atoms with Crippen LogP contribution in [0, 0.1) is 0 Å². The fraction of sp³-hybridized carbons (Fsp3) is 0.333. The van der Waals surface area contributed by atoms with Crippen molar-refractivity contribution in [2.45, 2.75) is 31.8 Å². The van der Waals surface area contributed by atoms with Crippen molar-refractivity contribution in [1.29, 1.82) is 0 Å². The topological polar surface area (TPSA) is 97.3 Å². The van der Waals surface area contributed by atoms with Gasteiger partial charge in [-0.2, -0.15) is 13.9 Å². The fourth-order valence-electron chi connectivity index (χ4n) is 3.18. The highest BCUT2D eigenvalue weighted by molar-refractivity contribution is 8.14. The number of hydrogen-bond acceptors (Lipinski definition) is 7. The van der Waals surface area contributed by atoms with Gasteiger partial charge in [-0.15, -0.1) is 0 Å². The first kappa shape index (κ1) is 24.8. The Morgan fingerprint density at radius 2 is 1.88 bits per heavy atom. The summed E-state index contributed by atoms with van der Waals surface area (Å²) in [5.74, 6) is 0.0388.